The SMILES string of the molecule is CC(=O)C(=O)OCCN1CCN(CO[N+](=O)[O-])CC1. The fraction of sp³-hybridized carbons (Fsp3) is 0.800. The molecule has 0 amide bonds. The van der Waals surface area contributed by atoms with Crippen molar-refractivity contribution in [2.75, 3.05) is 46.1 Å². The van der Waals surface area contributed by atoms with Crippen LogP contribution in [-0.2, 0) is 19.2 Å². The second kappa shape index (κ2) is 7.64. The van der Waals surface area contributed by atoms with Crippen molar-refractivity contribution in [1.29, 1.82) is 0 Å². The van der Waals surface area contributed by atoms with Crippen molar-refractivity contribution in [2.45, 2.75) is 6.92 Å². The van der Waals surface area contributed by atoms with Crippen molar-refractivity contribution in [3.05, 3.63) is 10.1 Å². The van der Waals surface area contributed by atoms with Crippen molar-refractivity contribution in [1.82, 2.24) is 9.80 Å². The van der Waals surface area contributed by atoms with Crippen molar-refractivity contribution >= 4 is 11.8 Å². The molecule has 108 valence electrons. The van der Waals surface area contributed by atoms with Crippen LogP contribution >= 0.6 is 0 Å². The molecule has 0 aromatic rings. The van der Waals surface area contributed by atoms with Gasteiger partial charge in [0.2, 0.25) is 5.78 Å². The van der Waals surface area contributed by atoms with E-state index in [4.69, 9.17) is 4.74 Å². The summed E-state index contributed by atoms with van der Waals surface area (Å²) in [5.41, 5.74) is 0. The minimum atomic E-state index is -0.821. The average molecular weight is 275 g/mol. The molecule has 0 saturated carbocycles. The van der Waals surface area contributed by atoms with Crippen molar-refractivity contribution < 1.29 is 24.3 Å². The second-order valence-electron chi connectivity index (χ2n) is 4.13. The molecule has 1 heterocycles. The van der Waals surface area contributed by atoms with Crippen LogP contribution in [0.3, 0.4) is 0 Å². The van der Waals surface area contributed by atoms with Gasteiger partial charge < -0.3 is 4.74 Å². The van der Waals surface area contributed by atoms with Crippen LogP contribution in [0, 0.1) is 10.1 Å². The van der Waals surface area contributed by atoms with E-state index in [0.717, 1.165) is 6.92 Å². The van der Waals surface area contributed by atoms with Gasteiger partial charge in [0.1, 0.15) is 13.3 Å². The predicted molar refractivity (Wildman–Crippen MR) is 62.6 cm³/mol. The van der Waals surface area contributed by atoms with E-state index in [1.165, 1.54) is 0 Å². The van der Waals surface area contributed by atoms with Crippen molar-refractivity contribution in [3.8, 4) is 0 Å². The normalized spacial score (nSPS) is 16.9. The fourth-order valence-electron chi connectivity index (χ4n) is 1.64. The van der Waals surface area contributed by atoms with Gasteiger partial charge in [0.25, 0.3) is 5.09 Å². The maximum atomic E-state index is 10.9. The molecule has 1 aliphatic rings. The third-order valence-electron chi connectivity index (χ3n) is 2.74. The Morgan fingerprint density at radius 3 is 2.32 bits per heavy atom. The highest BCUT2D eigenvalue weighted by atomic mass is 17.0. The molecule has 1 aliphatic heterocycles. The number of carbonyl (C=O) groups is 2. The largest absolute Gasteiger partial charge is 0.459 e. The van der Waals surface area contributed by atoms with Gasteiger partial charge in [-0.25, -0.2) is 4.79 Å². The molecule has 9 heteroatoms. The molecule has 0 aromatic heterocycles. The average Bonchev–Trinajstić information content (AvgIpc) is 2.37. The summed E-state index contributed by atoms with van der Waals surface area (Å²) >= 11 is 0. The van der Waals surface area contributed by atoms with Crippen LogP contribution < -0.4 is 0 Å². The number of piperazine rings is 1. The quantitative estimate of drug-likeness (QED) is 0.250. The minimum absolute atomic E-state index is 0.0276. The van der Waals surface area contributed by atoms with Crippen molar-refractivity contribution in [2.24, 2.45) is 0 Å². The van der Waals surface area contributed by atoms with E-state index in [1.54, 1.807) is 0 Å². The first kappa shape index (κ1) is 15.3. The van der Waals surface area contributed by atoms with Crippen molar-refractivity contribution in [3.63, 3.8) is 0 Å². The van der Waals surface area contributed by atoms with Crippen LogP contribution in [-0.4, -0.2) is 72.7 Å². The third-order valence-corrected chi connectivity index (χ3v) is 2.74. The van der Waals surface area contributed by atoms with Gasteiger partial charge in [0.15, 0.2) is 0 Å². The molecule has 0 N–H and O–H groups in total. The summed E-state index contributed by atoms with van der Waals surface area (Å²) in [6.45, 7) is 4.56. The zero-order valence-electron chi connectivity index (χ0n) is 10.7. The van der Waals surface area contributed by atoms with Gasteiger partial charge in [-0.15, -0.1) is 10.1 Å². The van der Waals surface area contributed by atoms with Crippen LogP contribution in [0.1, 0.15) is 6.92 Å². The van der Waals surface area contributed by atoms with Gasteiger partial charge in [-0.05, 0) is 0 Å². The lowest BCUT2D eigenvalue weighted by atomic mass is 10.3. The Balaban J connectivity index is 2.11. The molecule has 0 atom stereocenters. The first-order valence-corrected chi connectivity index (χ1v) is 5.88. The van der Waals surface area contributed by atoms with Crippen LogP contribution in [0.15, 0.2) is 0 Å². The Morgan fingerprint density at radius 1 is 1.21 bits per heavy atom. The van der Waals surface area contributed by atoms with E-state index >= 15 is 0 Å². The summed E-state index contributed by atoms with van der Waals surface area (Å²) in [6, 6.07) is 0. The number of Topliss-reactive ketones (excluding diaryl/α,β-unsaturated/α-hetero) is 1. The van der Waals surface area contributed by atoms with Gasteiger partial charge >= 0.3 is 5.97 Å². The lowest BCUT2D eigenvalue weighted by Gasteiger charge is -2.33. The third kappa shape index (κ3) is 6.11. The summed E-state index contributed by atoms with van der Waals surface area (Å²) < 4.78 is 4.75. The van der Waals surface area contributed by atoms with Gasteiger partial charge in [-0.2, -0.15) is 0 Å². The smallest absolute Gasteiger partial charge is 0.374 e. The second-order valence-corrected chi connectivity index (χ2v) is 4.13. The maximum absolute atomic E-state index is 10.9. The predicted octanol–water partition coefficient (Wildman–Crippen LogP) is -1.10. The van der Waals surface area contributed by atoms with Gasteiger partial charge in [0.05, 0.1) is 0 Å². The number of nitrogens with zero attached hydrogens (tertiary/aromatic N) is 3. The number of hydrogen-bond acceptors (Lipinski definition) is 8. The lowest BCUT2D eigenvalue weighted by Crippen LogP contribution is -2.48. The number of rotatable bonds is 7. The standard InChI is InChI=1S/C10H17N3O6/c1-9(14)10(15)18-7-6-11-2-4-12(5-3-11)8-19-13(16)17/h2-8H2,1H3. The van der Waals surface area contributed by atoms with E-state index in [0.29, 0.717) is 32.7 Å². The number of esters is 1. The summed E-state index contributed by atoms with van der Waals surface area (Å²) in [7, 11) is 0. The number of ether oxygens (including phenoxy) is 1. The topological polar surface area (TPSA) is 102 Å². The zero-order valence-corrected chi connectivity index (χ0v) is 10.7. The highest BCUT2D eigenvalue weighted by Gasteiger charge is 2.18. The van der Waals surface area contributed by atoms with E-state index in [9.17, 15) is 19.7 Å². The van der Waals surface area contributed by atoms with E-state index < -0.39 is 16.8 Å². The van der Waals surface area contributed by atoms with Gasteiger partial charge in [-0.1, -0.05) is 0 Å². The molecule has 19 heavy (non-hydrogen) atoms. The minimum Gasteiger partial charge on any atom is -0.459 e. The lowest BCUT2D eigenvalue weighted by molar-refractivity contribution is -0.762. The first-order chi connectivity index (χ1) is 8.99. The highest BCUT2D eigenvalue weighted by Crippen LogP contribution is 2.01. The highest BCUT2D eigenvalue weighted by molar-refractivity contribution is 6.32. The molecule has 0 unspecified atom stereocenters. The summed E-state index contributed by atoms with van der Waals surface area (Å²) in [5.74, 6) is -1.43. The van der Waals surface area contributed by atoms with Gasteiger partial charge in [0, 0.05) is 39.6 Å². The molecule has 0 aromatic carbocycles. The van der Waals surface area contributed by atoms with E-state index in [-0.39, 0.29) is 13.3 Å². The summed E-state index contributed by atoms with van der Waals surface area (Å²) in [4.78, 5) is 39.7. The molecule has 9 nitrogen and oxygen atoms in total. The molecule has 0 aliphatic carbocycles. The van der Waals surface area contributed by atoms with Crippen LogP contribution in [0.5, 0.6) is 0 Å². The molecule has 0 bridgehead atoms. The summed E-state index contributed by atoms with van der Waals surface area (Å²) in [6.07, 6.45) is 0. The molecule has 0 radical (unpaired) electrons. The monoisotopic (exact) mass is 275 g/mol. The molecule has 1 fully saturated rings. The Morgan fingerprint density at radius 2 is 1.79 bits per heavy atom. The zero-order chi connectivity index (χ0) is 14.3. The number of carbonyl (C=O) groups excluding carboxylic acids is 2. The van der Waals surface area contributed by atoms with E-state index in [1.807, 2.05) is 4.90 Å². The molecule has 1 saturated heterocycles. The maximum Gasteiger partial charge on any atom is 0.374 e. The van der Waals surface area contributed by atoms with Crippen LogP contribution in [0.25, 0.3) is 0 Å². The number of hydrogen-bond donors (Lipinski definition) is 0. The summed E-state index contributed by atoms with van der Waals surface area (Å²) in [5, 5.41) is 9.22. The Labute approximate surface area is 110 Å². The molecule has 0 spiro atoms. The first-order valence-electron chi connectivity index (χ1n) is 5.88. The fourth-order valence-corrected chi connectivity index (χ4v) is 1.64. The Kier molecular flexibility index (Phi) is 6.16. The van der Waals surface area contributed by atoms with Crippen LogP contribution in [0.4, 0.5) is 0 Å². The Hall–Kier alpha value is -1.74. The molecule has 1 rings (SSSR count). The van der Waals surface area contributed by atoms with E-state index in [2.05, 4.69) is 9.74 Å². The van der Waals surface area contributed by atoms with Crippen LogP contribution in [0.2, 0.25) is 0 Å². The van der Waals surface area contributed by atoms with Gasteiger partial charge in [-0.3, -0.25) is 19.4 Å². The number of ketones is 1. The Bertz CT molecular complexity index is 340. The molecular weight excluding hydrogens is 258 g/mol. The molecular formula is C10H17N3O6.